The summed E-state index contributed by atoms with van der Waals surface area (Å²) in [6.45, 7) is 0. The number of rotatable bonds is 1. The van der Waals surface area contributed by atoms with Crippen molar-refractivity contribution < 1.29 is 9.84 Å². The number of hydrogen-bond acceptors (Lipinski definition) is 4. The third-order valence-corrected chi connectivity index (χ3v) is 4.93. The van der Waals surface area contributed by atoms with Crippen LogP contribution in [0.15, 0.2) is 60.7 Å². The van der Waals surface area contributed by atoms with E-state index in [-0.39, 0.29) is 5.75 Å². The van der Waals surface area contributed by atoms with E-state index in [2.05, 4.69) is 60.7 Å². The smallest absolute Gasteiger partial charge is 0.154 e. The van der Waals surface area contributed by atoms with Crippen LogP contribution in [0, 0.1) is 0 Å². The van der Waals surface area contributed by atoms with Crippen LogP contribution in [-0.2, 0) is 0 Å². The summed E-state index contributed by atoms with van der Waals surface area (Å²) in [5.74, 6) is 1.59. The lowest BCUT2D eigenvalue weighted by atomic mass is 9.99. The second-order valence-corrected chi connectivity index (χ2v) is 6.81. The molecule has 1 aliphatic heterocycles. The van der Waals surface area contributed by atoms with E-state index in [1.807, 2.05) is 12.1 Å². The van der Waals surface area contributed by atoms with E-state index >= 15 is 0 Å². The molecule has 0 spiro atoms. The van der Waals surface area contributed by atoms with Gasteiger partial charge in [-0.05, 0) is 52.6 Å². The lowest BCUT2D eigenvalue weighted by Gasteiger charge is -2.23. The first-order valence-electron chi connectivity index (χ1n) is 8.55. The number of aromatic hydroxyl groups is 1. The quantitative estimate of drug-likeness (QED) is 0.307. The Kier molecular flexibility index (Phi) is 3.04. The average molecular weight is 342 g/mol. The van der Waals surface area contributed by atoms with Gasteiger partial charge < -0.3 is 20.1 Å². The van der Waals surface area contributed by atoms with Gasteiger partial charge in [-0.25, -0.2) is 0 Å². The van der Waals surface area contributed by atoms with E-state index in [0.29, 0.717) is 5.75 Å². The molecule has 0 atom stereocenters. The number of phenolic OH excluding ortho intramolecular Hbond substituents is 1. The molecule has 26 heavy (non-hydrogen) atoms. The van der Waals surface area contributed by atoms with Crippen LogP contribution in [0.4, 0.5) is 17.1 Å². The number of ether oxygens (including phenoxy) is 1. The number of fused-ring (bicyclic) bond motifs is 6. The molecular formula is C22H18N2O2. The van der Waals surface area contributed by atoms with E-state index in [1.54, 1.807) is 12.1 Å². The molecule has 1 heterocycles. The Hall–Kier alpha value is -3.40. The molecule has 0 aromatic heterocycles. The molecule has 5 rings (SSSR count). The zero-order chi connectivity index (χ0) is 17.8. The Morgan fingerprint density at radius 2 is 1.62 bits per heavy atom. The number of benzene rings is 4. The lowest BCUT2D eigenvalue weighted by Crippen LogP contribution is -2.08. The van der Waals surface area contributed by atoms with Crippen molar-refractivity contribution in [1.82, 2.24) is 0 Å². The molecule has 0 bridgehead atoms. The summed E-state index contributed by atoms with van der Waals surface area (Å²) in [4.78, 5) is 2.11. The van der Waals surface area contributed by atoms with Gasteiger partial charge in [-0.3, -0.25) is 0 Å². The maximum atomic E-state index is 9.69. The van der Waals surface area contributed by atoms with E-state index in [1.165, 1.54) is 21.8 Å². The molecule has 4 nitrogen and oxygen atoms in total. The average Bonchev–Trinajstić information content (AvgIpc) is 2.65. The van der Waals surface area contributed by atoms with Crippen LogP contribution >= 0.6 is 0 Å². The Morgan fingerprint density at radius 1 is 0.808 bits per heavy atom. The second kappa shape index (κ2) is 5.30. The van der Waals surface area contributed by atoms with E-state index in [4.69, 9.17) is 4.74 Å². The molecule has 0 saturated carbocycles. The minimum Gasteiger partial charge on any atom is -0.508 e. The Bertz CT molecular complexity index is 1180. The standard InChI is InChI=1S/C22H18N2O2/c1-24(2)14-5-3-13-4-7-17-16(18(13)11-14)8-10-20-22(17)23-19-9-6-15(25)12-21(19)26-20/h3-12,23,25H,1-2H3. The van der Waals surface area contributed by atoms with E-state index in [9.17, 15) is 5.11 Å². The molecular weight excluding hydrogens is 324 g/mol. The highest BCUT2D eigenvalue weighted by atomic mass is 16.5. The number of nitrogens with zero attached hydrogens (tertiary/aromatic N) is 1. The highest BCUT2D eigenvalue weighted by Gasteiger charge is 2.19. The predicted octanol–water partition coefficient (Wildman–Crippen LogP) is 5.61. The SMILES string of the molecule is CN(C)c1ccc2ccc3c4c(ccc3c2c1)Oc1cc(O)ccc1N4. The molecule has 0 amide bonds. The molecule has 2 N–H and O–H groups in total. The van der Waals surface area contributed by atoms with Gasteiger partial charge in [-0.2, -0.15) is 0 Å². The number of phenols is 1. The van der Waals surface area contributed by atoms with Gasteiger partial charge in [0, 0.05) is 31.2 Å². The summed E-state index contributed by atoms with van der Waals surface area (Å²) >= 11 is 0. The van der Waals surface area contributed by atoms with Crippen molar-refractivity contribution in [2.24, 2.45) is 0 Å². The first kappa shape index (κ1) is 14.9. The normalized spacial score (nSPS) is 12.2. The molecule has 0 radical (unpaired) electrons. The summed E-state index contributed by atoms with van der Waals surface area (Å²) in [7, 11) is 4.10. The van der Waals surface area contributed by atoms with Crippen LogP contribution in [0.3, 0.4) is 0 Å². The summed E-state index contributed by atoms with van der Waals surface area (Å²) in [5, 5.41) is 17.9. The predicted molar refractivity (Wildman–Crippen MR) is 107 cm³/mol. The molecule has 0 fully saturated rings. The fraction of sp³-hybridized carbons (Fsp3) is 0.0909. The number of hydrogen-bond donors (Lipinski definition) is 2. The van der Waals surface area contributed by atoms with Gasteiger partial charge in [0.25, 0.3) is 0 Å². The van der Waals surface area contributed by atoms with Crippen LogP contribution in [0.1, 0.15) is 0 Å². The molecule has 0 unspecified atom stereocenters. The molecule has 0 aliphatic carbocycles. The fourth-order valence-corrected chi connectivity index (χ4v) is 3.55. The molecule has 128 valence electrons. The summed E-state index contributed by atoms with van der Waals surface area (Å²) in [6.07, 6.45) is 0. The van der Waals surface area contributed by atoms with Crippen molar-refractivity contribution in [2.75, 3.05) is 24.3 Å². The Morgan fingerprint density at radius 3 is 2.46 bits per heavy atom. The van der Waals surface area contributed by atoms with E-state index in [0.717, 1.165) is 22.5 Å². The van der Waals surface area contributed by atoms with Crippen LogP contribution < -0.4 is 15.0 Å². The van der Waals surface area contributed by atoms with Crippen LogP contribution in [0.2, 0.25) is 0 Å². The van der Waals surface area contributed by atoms with Crippen LogP contribution in [0.25, 0.3) is 21.5 Å². The fourth-order valence-electron chi connectivity index (χ4n) is 3.55. The third-order valence-electron chi connectivity index (χ3n) is 4.93. The summed E-state index contributed by atoms with van der Waals surface area (Å²) in [6, 6.07) is 20.0. The van der Waals surface area contributed by atoms with Crippen LogP contribution in [0.5, 0.6) is 17.2 Å². The first-order chi connectivity index (χ1) is 12.6. The second-order valence-electron chi connectivity index (χ2n) is 6.81. The van der Waals surface area contributed by atoms with Crippen molar-refractivity contribution in [3.8, 4) is 17.2 Å². The minimum absolute atomic E-state index is 0.192. The third kappa shape index (κ3) is 2.15. The van der Waals surface area contributed by atoms with Gasteiger partial charge in [0.1, 0.15) is 5.75 Å². The van der Waals surface area contributed by atoms with E-state index < -0.39 is 0 Å². The molecule has 0 saturated heterocycles. The van der Waals surface area contributed by atoms with Crippen molar-refractivity contribution in [3.63, 3.8) is 0 Å². The van der Waals surface area contributed by atoms with Gasteiger partial charge in [-0.1, -0.05) is 18.2 Å². The van der Waals surface area contributed by atoms with Gasteiger partial charge in [0.15, 0.2) is 11.5 Å². The van der Waals surface area contributed by atoms with Gasteiger partial charge in [0.05, 0.1) is 11.4 Å². The maximum absolute atomic E-state index is 9.69. The highest BCUT2D eigenvalue weighted by Crippen LogP contribution is 2.47. The number of nitrogens with one attached hydrogen (secondary N) is 1. The number of anilines is 3. The largest absolute Gasteiger partial charge is 0.508 e. The van der Waals surface area contributed by atoms with Gasteiger partial charge >= 0.3 is 0 Å². The maximum Gasteiger partial charge on any atom is 0.154 e. The summed E-state index contributed by atoms with van der Waals surface area (Å²) < 4.78 is 6.01. The minimum atomic E-state index is 0.192. The van der Waals surface area contributed by atoms with Crippen molar-refractivity contribution in [2.45, 2.75) is 0 Å². The topological polar surface area (TPSA) is 44.7 Å². The zero-order valence-electron chi connectivity index (χ0n) is 14.6. The molecule has 1 aliphatic rings. The zero-order valence-corrected chi connectivity index (χ0v) is 14.6. The van der Waals surface area contributed by atoms with Gasteiger partial charge in [0.2, 0.25) is 0 Å². The lowest BCUT2D eigenvalue weighted by molar-refractivity contribution is 0.455. The van der Waals surface area contributed by atoms with Crippen molar-refractivity contribution >= 4 is 38.6 Å². The molecule has 4 aromatic rings. The monoisotopic (exact) mass is 342 g/mol. The Labute approximate surface area is 151 Å². The summed E-state index contributed by atoms with van der Waals surface area (Å²) in [5.41, 5.74) is 2.98. The molecule has 4 aromatic carbocycles. The van der Waals surface area contributed by atoms with Crippen LogP contribution in [-0.4, -0.2) is 19.2 Å². The van der Waals surface area contributed by atoms with Crippen molar-refractivity contribution in [3.05, 3.63) is 60.7 Å². The first-order valence-corrected chi connectivity index (χ1v) is 8.55. The molecule has 4 heteroatoms. The van der Waals surface area contributed by atoms with Gasteiger partial charge in [-0.15, -0.1) is 0 Å². The Balaban J connectivity index is 1.75. The van der Waals surface area contributed by atoms with Crippen molar-refractivity contribution in [1.29, 1.82) is 0 Å². The highest BCUT2D eigenvalue weighted by molar-refractivity contribution is 6.14.